The largest absolute Gasteiger partial charge is 0.490 e. The number of carbonyl (C=O) groups excluding carboxylic acids is 1. The second kappa shape index (κ2) is 9.74. The van der Waals surface area contributed by atoms with E-state index in [0.717, 1.165) is 25.3 Å². The van der Waals surface area contributed by atoms with Crippen molar-refractivity contribution in [2.24, 2.45) is 0 Å². The summed E-state index contributed by atoms with van der Waals surface area (Å²) in [4.78, 5) is 35.6. The number of H-pyrrole nitrogens is 1. The van der Waals surface area contributed by atoms with Crippen molar-refractivity contribution in [1.29, 1.82) is 0 Å². The highest BCUT2D eigenvalue weighted by atomic mass is 19.4. The number of aromatic nitrogens is 3. The number of alkyl halides is 3. The molecule has 0 radical (unpaired) electrons. The standard InChI is InChI=1S/C16H24N6O.C2HF3O2/c1-10(2)20-16(23)12-7-18-15-14(12)21-13(8-19-15)22-6-4-5-11(9-22)17-3;3-2(4,5)1(6)7/h7-8,10-11,17H,4-6,9H2,1-3H3,(H,18,19)(H,20,23);(H,6,7). The smallest absolute Gasteiger partial charge is 0.475 e. The lowest BCUT2D eigenvalue weighted by Gasteiger charge is -2.33. The fraction of sp³-hybridized carbons (Fsp3) is 0.556. The zero-order chi connectivity index (χ0) is 22.5. The van der Waals surface area contributed by atoms with Crippen LogP contribution in [0.4, 0.5) is 19.0 Å². The molecule has 0 saturated carbocycles. The summed E-state index contributed by atoms with van der Waals surface area (Å²) in [5.74, 6) is -2.05. The maximum Gasteiger partial charge on any atom is 0.490 e. The number of rotatable bonds is 4. The van der Waals surface area contributed by atoms with E-state index in [2.05, 4.69) is 25.5 Å². The van der Waals surface area contributed by atoms with Gasteiger partial charge in [-0.15, -0.1) is 0 Å². The van der Waals surface area contributed by atoms with Gasteiger partial charge in [-0.3, -0.25) is 4.79 Å². The lowest BCUT2D eigenvalue weighted by Crippen LogP contribution is -2.44. The van der Waals surface area contributed by atoms with E-state index in [1.165, 1.54) is 6.42 Å². The van der Waals surface area contributed by atoms with Gasteiger partial charge in [0.1, 0.15) is 11.3 Å². The third kappa shape index (κ3) is 6.05. The zero-order valence-corrected chi connectivity index (χ0v) is 16.9. The number of hydrogen-bond acceptors (Lipinski definition) is 6. The maximum absolute atomic E-state index is 12.3. The molecule has 1 fully saturated rings. The highest BCUT2D eigenvalue weighted by Crippen LogP contribution is 2.21. The van der Waals surface area contributed by atoms with E-state index in [9.17, 15) is 18.0 Å². The zero-order valence-electron chi connectivity index (χ0n) is 16.9. The molecule has 3 rings (SSSR count). The van der Waals surface area contributed by atoms with Gasteiger partial charge >= 0.3 is 12.1 Å². The van der Waals surface area contributed by atoms with Crippen LogP contribution in [-0.2, 0) is 4.79 Å². The van der Waals surface area contributed by atoms with Gasteiger partial charge in [0, 0.05) is 31.4 Å². The average Bonchev–Trinajstić information content (AvgIpc) is 3.10. The lowest BCUT2D eigenvalue weighted by atomic mass is 10.1. The minimum atomic E-state index is -5.08. The van der Waals surface area contributed by atoms with Crippen molar-refractivity contribution >= 4 is 28.9 Å². The summed E-state index contributed by atoms with van der Waals surface area (Å²) >= 11 is 0. The number of aliphatic carboxylic acids is 1. The summed E-state index contributed by atoms with van der Waals surface area (Å²) < 4.78 is 31.7. The number of carbonyl (C=O) groups is 2. The molecule has 12 heteroatoms. The first kappa shape index (κ1) is 23.4. The molecule has 1 atom stereocenters. The monoisotopic (exact) mass is 430 g/mol. The molecular formula is C18H25F3N6O3. The molecule has 30 heavy (non-hydrogen) atoms. The Kier molecular flexibility index (Phi) is 7.59. The number of carboxylic acids is 1. The van der Waals surface area contributed by atoms with E-state index in [1.807, 2.05) is 20.9 Å². The normalized spacial score (nSPS) is 16.9. The van der Waals surface area contributed by atoms with Crippen molar-refractivity contribution in [1.82, 2.24) is 25.6 Å². The Labute approximate surface area is 171 Å². The Morgan fingerprint density at radius 2 is 2.03 bits per heavy atom. The SMILES string of the molecule is CNC1CCCN(c2cnc3[nH]cc(C(=O)NC(C)C)c3n2)C1.O=C(O)C(F)(F)F. The lowest BCUT2D eigenvalue weighted by molar-refractivity contribution is -0.192. The van der Waals surface area contributed by atoms with Gasteiger partial charge in [0.15, 0.2) is 5.65 Å². The van der Waals surface area contributed by atoms with Crippen molar-refractivity contribution in [3.05, 3.63) is 18.0 Å². The Morgan fingerprint density at radius 1 is 1.37 bits per heavy atom. The summed E-state index contributed by atoms with van der Waals surface area (Å²) in [5.41, 5.74) is 1.82. The Bertz CT molecular complexity index is 884. The van der Waals surface area contributed by atoms with Gasteiger partial charge in [0.2, 0.25) is 0 Å². The number of halogens is 3. The van der Waals surface area contributed by atoms with Crippen LogP contribution in [-0.4, -0.2) is 70.3 Å². The van der Waals surface area contributed by atoms with Crippen LogP contribution in [0.5, 0.6) is 0 Å². The van der Waals surface area contributed by atoms with Gasteiger partial charge < -0.3 is 25.6 Å². The topological polar surface area (TPSA) is 123 Å². The summed E-state index contributed by atoms with van der Waals surface area (Å²) in [7, 11) is 1.99. The summed E-state index contributed by atoms with van der Waals surface area (Å²) in [6.45, 7) is 5.76. The fourth-order valence-corrected chi connectivity index (χ4v) is 2.97. The first-order valence-corrected chi connectivity index (χ1v) is 9.40. The van der Waals surface area contributed by atoms with E-state index in [4.69, 9.17) is 14.9 Å². The van der Waals surface area contributed by atoms with E-state index < -0.39 is 12.1 Å². The van der Waals surface area contributed by atoms with Crippen LogP contribution >= 0.6 is 0 Å². The molecule has 0 aliphatic carbocycles. The second-order valence-corrected chi connectivity index (χ2v) is 7.13. The van der Waals surface area contributed by atoms with Crippen molar-refractivity contribution < 1.29 is 27.9 Å². The highest BCUT2D eigenvalue weighted by molar-refractivity contribution is 6.04. The quantitative estimate of drug-likeness (QED) is 0.584. The van der Waals surface area contributed by atoms with E-state index in [0.29, 0.717) is 22.8 Å². The number of piperidine rings is 1. The molecule has 9 nitrogen and oxygen atoms in total. The number of fused-ring (bicyclic) bond motifs is 1. The average molecular weight is 430 g/mol. The number of nitrogens with one attached hydrogen (secondary N) is 3. The predicted molar refractivity (Wildman–Crippen MR) is 104 cm³/mol. The first-order valence-electron chi connectivity index (χ1n) is 9.40. The molecule has 1 amide bonds. The second-order valence-electron chi connectivity index (χ2n) is 7.13. The number of carboxylic acid groups (broad SMARTS) is 1. The molecule has 0 aromatic carbocycles. The van der Waals surface area contributed by atoms with Gasteiger partial charge in [-0.2, -0.15) is 13.2 Å². The minimum absolute atomic E-state index is 0.0853. The van der Waals surface area contributed by atoms with Gasteiger partial charge in [0.05, 0.1) is 11.8 Å². The van der Waals surface area contributed by atoms with E-state index in [1.54, 1.807) is 12.4 Å². The third-order valence-electron chi connectivity index (χ3n) is 4.43. The molecule has 1 aliphatic heterocycles. The molecular weight excluding hydrogens is 405 g/mol. The van der Waals surface area contributed by atoms with E-state index in [-0.39, 0.29) is 11.9 Å². The van der Waals surface area contributed by atoms with Crippen LogP contribution in [0, 0.1) is 0 Å². The van der Waals surface area contributed by atoms with Crippen LogP contribution in [0.3, 0.4) is 0 Å². The Balaban J connectivity index is 0.000000396. The fourth-order valence-electron chi connectivity index (χ4n) is 2.97. The van der Waals surface area contributed by atoms with Crippen molar-refractivity contribution in [2.45, 2.75) is 44.9 Å². The number of likely N-dealkylation sites (N-methyl/N-ethyl adjacent to an activating group) is 1. The van der Waals surface area contributed by atoms with E-state index >= 15 is 0 Å². The molecule has 1 aliphatic rings. The number of hydrogen-bond donors (Lipinski definition) is 4. The van der Waals surface area contributed by atoms with Crippen molar-refractivity contribution in [3.8, 4) is 0 Å². The molecule has 1 unspecified atom stereocenters. The molecule has 1 saturated heterocycles. The molecule has 3 heterocycles. The maximum atomic E-state index is 12.3. The van der Waals surface area contributed by atoms with Gasteiger partial charge in [-0.05, 0) is 33.7 Å². The minimum Gasteiger partial charge on any atom is -0.475 e. The molecule has 4 N–H and O–H groups in total. The summed E-state index contributed by atoms with van der Waals surface area (Å²) in [6, 6.07) is 0.554. The number of aromatic amines is 1. The van der Waals surface area contributed by atoms with Crippen molar-refractivity contribution in [3.63, 3.8) is 0 Å². The Hall–Kier alpha value is -2.89. The Morgan fingerprint density at radius 3 is 2.60 bits per heavy atom. The highest BCUT2D eigenvalue weighted by Gasteiger charge is 2.38. The molecule has 0 spiro atoms. The van der Waals surface area contributed by atoms with Gasteiger partial charge in [-0.1, -0.05) is 0 Å². The first-order chi connectivity index (χ1) is 14.0. The van der Waals surface area contributed by atoms with Crippen LogP contribution in [0.1, 0.15) is 37.0 Å². The van der Waals surface area contributed by atoms with Crippen LogP contribution in [0.25, 0.3) is 11.2 Å². The van der Waals surface area contributed by atoms with Crippen LogP contribution in [0.2, 0.25) is 0 Å². The van der Waals surface area contributed by atoms with Crippen molar-refractivity contribution in [2.75, 3.05) is 25.0 Å². The summed E-state index contributed by atoms with van der Waals surface area (Å²) in [6.07, 6.45) is 0.674. The molecule has 166 valence electrons. The number of amides is 1. The number of anilines is 1. The molecule has 2 aromatic heterocycles. The molecule has 0 bridgehead atoms. The van der Waals surface area contributed by atoms with Crippen LogP contribution < -0.4 is 15.5 Å². The number of nitrogens with zero attached hydrogens (tertiary/aromatic N) is 3. The summed E-state index contributed by atoms with van der Waals surface area (Å²) in [5, 5.41) is 13.4. The van der Waals surface area contributed by atoms with Gasteiger partial charge in [0.25, 0.3) is 5.91 Å². The van der Waals surface area contributed by atoms with Crippen LogP contribution in [0.15, 0.2) is 12.4 Å². The predicted octanol–water partition coefficient (Wildman–Crippen LogP) is 1.92. The molecule has 2 aromatic rings. The van der Waals surface area contributed by atoms with Gasteiger partial charge in [-0.25, -0.2) is 14.8 Å². The third-order valence-corrected chi connectivity index (χ3v) is 4.43.